The van der Waals surface area contributed by atoms with Crippen molar-refractivity contribution in [3.63, 3.8) is 0 Å². The molecule has 0 aliphatic heterocycles. The first-order valence-electron chi connectivity index (χ1n) is 4.31. The van der Waals surface area contributed by atoms with E-state index in [1.54, 1.807) is 11.4 Å². The van der Waals surface area contributed by atoms with Crippen LogP contribution in [0.15, 0.2) is 11.4 Å². The Morgan fingerprint density at radius 2 is 2.14 bits per heavy atom. The molecule has 2 N–H and O–H groups in total. The van der Waals surface area contributed by atoms with Crippen LogP contribution in [0.25, 0.3) is 0 Å². The van der Waals surface area contributed by atoms with Gasteiger partial charge in [0.15, 0.2) is 0 Å². The molecule has 0 amide bonds. The lowest BCUT2D eigenvalue weighted by atomic mass is 9.84. The highest BCUT2D eigenvalue weighted by Crippen LogP contribution is 2.34. The van der Waals surface area contributed by atoms with Crippen molar-refractivity contribution in [1.82, 2.24) is 0 Å². The monoisotopic (exact) mass is 214 g/mol. The van der Waals surface area contributed by atoms with Crippen LogP contribution in [0.4, 0.5) is 5.00 Å². The smallest absolute Gasteiger partial charge is 0.323 e. The van der Waals surface area contributed by atoms with Gasteiger partial charge in [-0.3, -0.25) is 10.1 Å². The van der Waals surface area contributed by atoms with Gasteiger partial charge in [-0.25, -0.2) is 0 Å². The Morgan fingerprint density at radius 1 is 1.57 bits per heavy atom. The molecule has 0 saturated carbocycles. The topological polar surface area (TPSA) is 69.2 Å². The van der Waals surface area contributed by atoms with Crippen molar-refractivity contribution in [2.75, 3.05) is 0 Å². The molecule has 1 rings (SSSR count). The Morgan fingerprint density at radius 3 is 2.50 bits per heavy atom. The van der Waals surface area contributed by atoms with Crippen LogP contribution in [0.1, 0.15) is 32.4 Å². The summed E-state index contributed by atoms with van der Waals surface area (Å²) in [6.07, 6.45) is 0. The predicted molar refractivity (Wildman–Crippen MR) is 57.4 cm³/mol. The average Bonchev–Trinajstić information content (AvgIpc) is 2.48. The zero-order valence-electron chi connectivity index (χ0n) is 8.48. The fraction of sp³-hybridized carbons (Fsp3) is 0.556. The van der Waals surface area contributed by atoms with Crippen molar-refractivity contribution in [2.45, 2.75) is 26.8 Å². The number of nitrogens with two attached hydrogens (primary N) is 1. The fourth-order valence-corrected chi connectivity index (χ4v) is 1.86. The molecule has 78 valence electrons. The van der Waals surface area contributed by atoms with E-state index < -0.39 is 0 Å². The van der Waals surface area contributed by atoms with Crippen molar-refractivity contribution in [1.29, 1.82) is 0 Å². The minimum Gasteiger partial charge on any atom is -0.323 e. The Balaban J connectivity index is 2.92. The van der Waals surface area contributed by atoms with Crippen LogP contribution >= 0.6 is 11.3 Å². The van der Waals surface area contributed by atoms with Gasteiger partial charge in [0.1, 0.15) is 0 Å². The van der Waals surface area contributed by atoms with Crippen molar-refractivity contribution < 1.29 is 4.92 Å². The van der Waals surface area contributed by atoms with E-state index in [1.807, 2.05) is 20.8 Å². The fourth-order valence-electron chi connectivity index (χ4n) is 1.10. The van der Waals surface area contributed by atoms with E-state index in [9.17, 15) is 10.1 Å². The third kappa shape index (κ3) is 2.30. The van der Waals surface area contributed by atoms with Gasteiger partial charge in [0, 0.05) is 17.5 Å². The summed E-state index contributed by atoms with van der Waals surface area (Å²) in [6.45, 7) is 6.05. The normalized spacial score (nSPS) is 14.0. The van der Waals surface area contributed by atoms with Gasteiger partial charge in [0.05, 0.1) is 4.92 Å². The maximum atomic E-state index is 10.5. The molecule has 1 atom stereocenters. The summed E-state index contributed by atoms with van der Waals surface area (Å²) in [5.74, 6) is 0. The second-order valence-electron chi connectivity index (χ2n) is 4.32. The van der Waals surface area contributed by atoms with Crippen LogP contribution < -0.4 is 5.73 Å². The molecular formula is C9H14N2O2S. The van der Waals surface area contributed by atoms with Gasteiger partial charge in [0.25, 0.3) is 0 Å². The quantitative estimate of drug-likeness (QED) is 0.607. The minimum absolute atomic E-state index is 0.0745. The van der Waals surface area contributed by atoms with E-state index in [2.05, 4.69) is 0 Å². The van der Waals surface area contributed by atoms with Gasteiger partial charge in [-0.05, 0) is 11.0 Å². The summed E-state index contributed by atoms with van der Waals surface area (Å²) in [7, 11) is 0. The van der Waals surface area contributed by atoms with Crippen LogP contribution in [-0.4, -0.2) is 4.92 Å². The van der Waals surface area contributed by atoms with Crippen molar-refractivity contribution >= 4 is 16.3 Å². The molecule has 0 fully saturated rings. The highest BCUT2D eigenvalue weighted by molar-refractivity contribution is 7.13. The van der Waals surface area contributed by atoms with Gasteiger partial charge in [-0.2, -0.15) is 0 Å². The standard InChI is InChI=1S/C9H14N2O2S/c1-9(2,3)8(10)6-4-7(11(12)13)14-5-6/h4-5,8H,10H2,1-3H3. The number of thiophene rings is 1. The zero-order chi connectivity index (χ0) is 10.9. The van der Waals surface area contributed by atoms with E-state index >= 15 is 0 Å². The van der Waals surface area contributed by atoms with E-state index in [4.69, 9.17) is 5.73 Å². The van der Waals surface area contributed by atoms with E-state index in [0.717, 1.165) is 16.9 Å². The zero-order valence-corrected chi connectivity index (χ0v) is 9.30. The molecule has 0 spiro atoms. The Kier molecular flexibility index (Phi) is 2.92. The predicted octanol–water partition coefficient (Wildman–Crippen LogP) is 2.70. The number of rotatable bonds is 2. The molecule has 1 aromatic rings. The Labute approximate surface area is 86.9 Å². The summed E-state index contributed by atoms with van der Waals surface area (Å²) in [6, 6.07) is 1.40. The van der Waals surface area contributed by atoms with Crippen molar-refractivity contribution in [3.8, 4) is 0 Å². The molecule has 14 heavy (non-hydrogen) atoms. The highest BCUT2D eigenvalue weighted by Gasteiger charge is 2.24. The van der Waals surface area contributed by atoms with Gasteiger partial charge in [0.2, 0.25) is 0 Å². The third-order valence-corrected chi connectivity index (χ3v) is 2.98. The molecule has 0 saturated heterocycles. The van der Waals surface area contributed by atoms with E-state index in [-0.39, 0.29) is 21.4 Å². The van der Waals surface area contributed by atoms with E-state index in [0.29, 0.717) is 0 Å². The second kappa shape index (κ2) is 3.67. The summed E-state index contributed by atoms with van der Waals surface area (Å²) in [5, 5.41) is 12.4. The van der Waals surface area contributed by atoms with Gasteiger partial charge >= 0.3 is 5.00 Å². The SMILES string of the molecule is CC(C)(C)C(N)c1csc([N+](=O)[O-])c1. The highest BCUT2D eigenvalue weighted by atomic mass is 32.1. The van der Waals surface area contributed by atoms with Crippen LogP contribution in [0, 0.1) is 15.5 Å². The molecular weight excluding hydrogens is 200 g/mol. The lowest BCUT2D eigenvalue weighted by Crippen LogP contribution is -2.25. The first-order chi connectivity index (χ1) is 6.32. The molecule has 5 heteroatoms. The average molecular weight is 214 g/mol. The lowest BCUT2D eigenvalue weighted by molar-refractivity contribution is -0.380. The van der Waals surface area contributed by atoms with Crippen molar-refractivity contribution in [2.24, 2.45) is 11.1 Å². The summed E-state index contributed by atoms with van der Waals surface area (Å²) in [5.41, 5.74) is 6.74. The number of hydrogen-bond acceptors (Lipinski definition) is 4. The summed E-state index contributed by atoms with van der Waals surface area (Å²) in [4.78, 5) is 10.1. The maximum absolute atomic E-state index is 10.5. The summed E-state index contributed by atoms with van der Waals surface area (Å²) >= 11 is 1.12. The largest absolute Gasteiger partial charge is 0.324 e. The molecule has 0 aliphatic carbocycles. The molecule has 0 radical (unpaired) electrons. The van der Waals surface area contributed by atoms with E-state index in [1.165, 1.54) is 0 Å². The van der Waals surface area contributed by atoms with Gasteiger partial charge < -0.3 is 5.73 Å². The van der Waals surface area contributed by atoms with Crippen molar-refractivity contribution in [3.05, 3.63) is 27.1 Å². The molecule has 1 heterocycles. The third-order valence-electron chi connectivity index (χ3n) is 2.08. The van der Waals surface area contributed by atoms with Crippen LogP contribution in [0.3, 0.4) is 0 Å². The van der Waals surface area contributed by atoms with Crippen LogP contribution in [0.2, 0.25) is 0 Å². The lowest BCUT2D eigenvalue weighted by Gasteiger charge is -2.26. The molecule has 0 bridgehead atoms. The number of nitro groups is 1. The molecule has 4 nitrogen and oxygen atoms in total. The van der Waals surface area contributed by atoms with Gasteiger partial charge in [-0.15, -0.1) is 0 Å². The summed E-state index contributed by atoms with van der Waals surface area (Å²) < 4.78 is 0. The first kappa shape index (κ1) is 11.1. The van der Waals surface area contributed by atoms with Crippen LogP contribution in [0.5, 0.6) is 0 Å². The Hall–Kier alpha value is -0.940. The molecule has 0 aromatic carbocycles. The first-order valence-corrected chi connectivity index (χ1v) is 5.18. The molecule has 0 aliphatic rings. The minimum atomic E-state index is -0.385. The van der Waals surface area contributed by atoms with Crippen LogP contribution in [-0.2, 0) is 0 Å². The second-order valence-corrected chi connectivity index (χ2v) is 5.21. The molecule has 1 aromatic heterocycles. The number of nitrogens with zero attached hydrogens (tertiary/aromatic N) is 1. The Bertz CT molecular complexity index is 341. The number of hydrogen-bond donors (Lipinski definition) is 1. The maximum Gasteiger partial charge on any atom is 0.324 e. The van der Waals surface area contributed by atoms with Gasteiger partial charge in [-0.1, -0.05) is 32.1 Å². The molecule has 1 unspecified atom stereocenters.